The van der Waals surface area contributed by atoms with Crippen LogP contribution in [0.3, 0.4) is 0 Å². The van der Waals surface area contributed by atoms with Gasteiger partial charge in [0.05, 0.1) is 43.0 Å². The molecule has 8 rings (SSSR count). The van der Waals surface area contributed by atoms with Gasteiger partial charge in [-0.2, -0.15) is 0 Å². The number of aromatic nitrogens is 3. The highest BCUT2D eigenvalue weighted by molar-refractivity contribution is 6.12. The van der Waals surface area contributed by atoms with E-state index in [4.69, 9.17) is 9.47 Å². The van der Waals surface area contributed by atoms with Gasteiger partial charge in [0.15, 0.2) is 0 Å². The quantitative estimate of drug-likeness (QED) is 0.345. The second kappa shape index (κ2) is 9.14. The standard InChI is InChI=1S/C31H31N5O4/c1-32-30(37)28-29(31(32)38)36-25-8-3-2-5-22(25)24(19-34-11-15-40-16-12-34)27(36)23-7-4-6-21-20(18-35(28)26(21)23)17-33-9-13-39-14-10-33/h2-8,18H,9-17,19H2,1H3. The van der Waals surface area contributed by atoms with E-state index in [9.17, 15) is 9.59 Å². The maximum atomic E-state index is 13.9. The third-order valence-electron chi connectivity index (χ3n) is 8.83. The van der Waals surface area contributed by atoms with Crippen molar-refractivity contribution in [3.63, 3.8) is 0 Å². The SMILES string of the molecule is Cn1c(=O)c2c(c1=O)n1c3ccccc3c(CN3CCOCC3)c1c1cccc3c(CN4CCOCC4)cn2c31. The molecule has 2 saturated heterocycles. The molecule has 6 heterocycles. The Balaban J connectivity index is 1.55. The average Bonchev–Trinajstić information content (AvgIpc) is 3.54. The van der Waals surface area contributed by atoms with Gasteiger partial charge in [0, 0.05) is 74.2 Å². The average molecular weight is 538 g/mol. The van der Waals surface area contributed by atoms with Gasteiger partial charge in [0.25, 0.3) is 11.1 Å². The first-order valence-corrected chi connectivity index (χ1v) is 14.0. The highest BCUT2D eigenvalue weighted by Crippen LogP contribution is 2.37. The first-order valence-electron chi connectivity index (χ1n) is 14.0. The zero-order valence-corrected chi connectivity index (χ0v) is 22.6. The van der Waals surface area contributed by atoms with Crippen LogP contribution in [0.2, 0.25) is 0 Å². The summed E-state index contributed by atoms with van der Waals surface area (Å²) in [6.07, 6.45) is 2.08. The molecule has 0 radical (unpaired) electrons. The second-order valence-electron chi connectivity index (χ2n) is 11.0. The van der Waals surface area contributed by atoms with Crippen LogP contribution in [0.25, 0.3) is 43.7 Å². The van der Waals surface area contributed by atoms with Gasteiger partial charge in [-0.1, -0.05) is 36.4 Å². The number of morpholine rings is 2. The Hall–Kier alpha value is -3.76. The molecule has 0 spiro atoms. The Kier molecular flexibility index (Phi) is 5.50. The van der Waals surface area contributed by atoms with Crippen molar-refractivity contribution in [1.82, 2.24) is 23.2 Å². The summed E-state index contributed by atoms with van der Waals surface area (Å²) in [7, 11) is 1.58. The smallest absolute Gasteiger partial charge is 0.279 e. The van der Waals surface area contributed by atoms with Crippen LogP contribution in [-0.4, -0.2) is 75.8 Å². The number of nitrogens with zero attached hydrogens (tertiary/aromatic N) is 5. The topological polar surface area (TPSA) is 72.8 Å². The summed E-state index contributed by atoms with van der Waals surface area (Å²) in [4.78, 5) is 32.5. The van der Waals surface area contributed by atoms with E-state index < -0.39 is 0 Å². The van der Waals surface area contributed by atoms with Crippen molar-refractivity contribution in [3.05, 3.63) is 80.5 Å². The zero-order valence-electron chi connectivity index (χ0n) is 22.6. The molecule has 204 valence electrons. The van der Waals surface area contributed by atoms with Gasteiger partial charge < -0.3 is 18.3 Å². The molecule has 2 fully saturated rings. The molecule has 0 unspecified atom stereocenters. The lowest BCUT2D eigenvalue weighted by Gasteiger charge is -2.26. The van der Waals surface area contributed by atoms with Gasteiger partial charge in [-0.3, -0.25) is 24.0 Å². The molecule has 0 saturated carbocycles. The van der Waals surface area contributed by atoms with Crippen LogP contribution in [0.4, 0.5) is 0 Å². The lowest BCUT2D eigenvalue weighted by Crippen LogP contribution is -2.35. The molecule has 4 aromatic heterocycles. The van der Waals surface area contributed by atoms with Crippen molar-refractivity contribution in [2.75, 3.05) is 52.6 Å². The molecule has 40 heavy (non-hydrogen) atoms. The fraction of sp³-hybridized carbons (Fsp3) is 0.355. The number of hydrogen-bond donors (Lipinski definition) is 0. The molecule has 9 nitrogen and oxygen atoms in total. The molecular formula is C31H31N5O4. The monoisotopic (exact) mass is 537 g/mol. The maximum absolute atomic E-state index is 13.9. The van der Waals surface area contributed by atoms with Gasteiger partial charge in [0.1, 0.15) is 11.0 Å². The molecule has 2 aliphatic rings. The molecule has 0 aliphatic carbocycles. The predicted octanol–water partition coefficient (Wildman–Crippen LogP) is 2.81. The number of para-hydroxylation sites is 2. The van der Waals surface area contributed by atoms with Crippen LogP contribution >= 0.6 is 0 Å². The van der Waals surface area contributed by atoms with E-state index in [1.807, 2.05) is 10.5 Å². The third kappa shape index (κ3) is 3.42. The van der Waals surface area contributed by atoms with Crippen molar-refractivity contribution < 1.29 is 9.47 Å². The third-order valence-corrected chi connectivity index (χ3v) is 8.83. The number of hydrogen-bond acceptors (Lipinski definition) is 6. The Morgan fingerprint density at radius 2 is 1.30 bits per heavy atom. The van der Waals surface area contributed by atoms with Crippen LogP contribution in [0.15, 0.2) is 58.3 Å². The maximum Gasteiger partial charge on any atom is 0.279 e. The molecule has 0 atom stereocenters. The van der Waals surface area contributed by atoms with Crippen LogP contribution in [0, 0.1) is 0 Å². The largest absolute Gasteiger partial charge is 0.379 e. The molecule has 6 aromatic rings. The van der Waals surface area contributed by atoms with Crippen molar-refractivity contribution in [1.29, 1.82) is 0 Å². The highest BCUT2D eigenvalue weighted by Gasteiger charge is 2.26. The summed E-state index contributed by atoms with van der Waals surface area (Å²) in [5.41, 5.74) is 5.57. The Labute approximate surface area is 229 Å². The summed E-state index contributed by atoms with van der Waals surface area (Å²) in [6.45, 7) is 7.84. The fourth-order valence-electron chi connectivity index (χ4n) is 6.84. The fourth-order valence-corrected chi connectivity index (χ4v) is 6.84. The second-order valence-corrected chi connectivity index (χ2v) is 11.0. The molecule has 9 heteroatoms. The van der Waals surface area contributed by atoms with Crippen LogP contribution in [0.1, 0.15) is 11.1 Å². The van der Waals surface area contributed by atoms with E-state index in [1.54, 1.807) is 7.05 Å². The predicted molar refractivity (Wildman–Crippen MR) is 156 cm³/mol. The highest BCUT2D eigenvalue weighted by atomic mass is 16.5. The van der Waals surface area contributed by atoms with Crippen molar-refractivity contribution in [2.24, 2.45) is 7.05 Å². The normalized spacial score (nSPS) is 17.8. The minimum absolute atomic E-state index is 0.273. The van der Waals surface area contributed by atoms with E-state index >= 15 is 0 Å². The molecule has 0 amide bonds. The summed E-state index contributed by atoms with van der Waals surface area (Å²) < 4.78 is 16.5. The molecule has 2 aromatic carbocycles. The number of benzene rings is 2. The van der Waals surface area contributed by atoms with Crippen molar-refractivity contribution in [2.45, 2.75) is 13.1 Å². The van der Waals surface area contributed by atoms with Crippen LogP contribution in [-0.2, 0) is 29.6 Å². The van der Waals surface area contributed by atoms with Crippen LogP contribution in [0.5, 0.6) is 0 Å². The summed E-state index contributed by atoms with van der Waals surface area (Å²) >= 11 is 0. The molecule has 0 bridgehead atoms. The molecular weight excluding hydrogens is 506 g/mol. The summed E-state index contributed by atoms with van der Waals surface area (Å²) in [5, 5.41) is 3.26. The van der Waals surface area contributed by atoms with E-state index in [0.717, 1.165) is 90.8 Å². The minimum Gasteiger partial charge on any atom is -0.379 e. The van der Waals surface area contributed by atoms with Crippen LogP contribution < -0.4 is 11.1 Å². The van der Waals surface area contributed by atoms with Crippen molar-refractivity contribution >= 4 is 43.7 Å². The van der Waals surface area contributed by atoms with Crippen molar-refractivity contribution in [3.8, 4) is 0 Å². The Bertz CT molecular complexity index is 2040. The Morgan fingerprint density at radius 3 is 2.05 bits per heavy atom. The lowest BCUT2D eigenvalue weighted by atomic mass is 10.1. The number of ether oxygens (including phenoxy) is 2. The first kappa shape index (κ1) is 24.1. The van der Waals surface area contributed by atoms with E-state index in [1.165, 1.54) is 10.1 Å². The molecule has 0 N–H and O–H groups in total. The van der Waals surface area contributed by atoms with E-state index in [-0.39, 0.29) is 11.1 Å². The minimum atomic E-state index is -0.274. The van der Waals surface area contributed by atoms with E-state index in [2.05, 4.69) is 56.8 Å². The van der Waals surface area contributed by atoms with Gasteiger partial charge in [-0.25, -0.2) is 0 Å². The van der Waals surface area contributed by atoms with Gasteiger partial charge >= 0.3 is 0 Å². The number of fused-ring (bicyclic) bond motifs is 7. The summed E-state index contributed by atoms with van der Waals surface area (Å²) in [5.74, 6) is 0. The van der Waals surface area contributed by atoms with Gasteiger partial charge in [0.2, 0.25) is 0 Å². The van der Waals surface area contributed by atoms with E-state index in [0.29, 0.717) is 24.2 Å². The van der Waals surface area contributed by atoms with Gasteiger partial charge in [-0.05, 0) is 11.6 Å². The lowest BCUT2D eigenvalue weighted by molar-refractivity contribution is 0.0343. The Morgan fingerprint density at radius 1 is 0.675 bits per heavy atom. The molecule has 2 aliphatic heterocycles. The first-order chi connectivity index (χ1) is 19.6. The summed E-state index contributed by atoms with van der Waals surface area (Å²) in [6, 6.07) is 14.7. The number of rotatable bonds is 4. The zero-order chi connectivity index (χ0) is 27.0. The van der Waals surface area contributed by atoms with Gasteiger partial charge in [-0.15, -0.1) is 0 Å².